The molecule has 1 N–H and O–H groups in total. The maximum atomic E-state index is 13.3. The molecule has 1 aliphatic heterocycles. The van der Waals surface area contributed by atoms with Gasteiger partial charge in [0.15, 0.2) is 0 Å². The second-order valence-electron chi connectivity index (χ2n) is 5.09. The van der Waals surface area contributed by atoms with Gasteiger partial charge < -0.3 is 10.2 Å². The van der Waals surface area contributed by atoms with Crippen molar-refractivity contribution in [3.63, 3.8) is 0 Å². The molecule has 1 aliphatic rings. The van der Waals surface area contributed by atoms with E-state index in [1.165, 1.54) is 12.3 Å². The lowest BCUT2D eigenvalue weighted by atomic mass is 9.95. The van der Waals surface area contributed by atoms with Crippen LogP contribution in [0.25, 0.3) is 0 Å². The van der Waals surface area contributed by atoms with Crippen LogP contribution in [0.15, 0.2) is 29.2 Å². The van der Waals surface area contributed by atoms with E-state index in [-0.39, 0.29) is 17.9 Å². The minimum atomic E-state index is -1.71. The third-order valence-corrected chi connectivity index (χ3v) is 3.58. The molecule has 2 aromatic heterocycles. The molecule has 3 rings (SSSR count). The number of halogens is 3. The monoisotopic (exact) mass is 326 g/mol. The predicted molar refractivity (Wildman–Crippen MR) is 73.2 cm³/mol. The normalized spacial score (nSPS) is 21.2. The van der Waals surface area contributed by atoms with E-state index in [9.17, 15) is 18.0 Å². The highest BCUT2D eigenvalue weighted by atomic mass is 19.2. The molecule has 2 aromatic rings. The molecule has 0 radical (unpaired) electrons. The molecule has 2 unspecified atom stereocenters. The summed E-state index contributed by atoms with van der Waals surface area (Å²) in [4.78, 5) is 24.1. The minimum Gasteiger partial charge on any atom is -0.407 e. The molecule has 23 heavy (non-hydrogen) atoms. The number of hydrogen-bond acceptors (Lipinski definition) is 5. The van der Waals surface area contributed by atoms with Crippen molar-refractivity contribution >= 4 is 0 Å². The van der Waals surface area contributed by atoms with Gasteiger partial charge in [-0.25, -0.2) is 9.97 Å². The fraction of sp³-hybridized carbons (Fsp3) is 0.357. The molecule has 0 amide bonds. The van der Waals surface area contributed by atoms with Crippen molar-refractivity contribution in [2.75, 3.05) is 13.1 Å². The van der Waals surface area contributed by atoms with Gasteiger partial charge in [0.1, 0.15) is 11.9 Å². The molecule has 1 saturated heterocycles. The molecule has 6 nitrogen and oxygen atoms in total. The van der Waals surface area contributed by atoms with Crippen molar-refractivity contribution in [3.05, 3.63) is 58.3 Å². The van der Waals surface area contributed by atoms with Gasteiger partial charge in [-0.3, -0.25) is 4.79 Å². The Kier molecular flexibility index (Phi) is 4.28. The smallest absolute Gasteiger partial charge is 0.282 e. The quantitative estimate of drug-likeness (QED) is 0.838. The Labute approximate surface area is 128 Å². The molecule has 2 atom stereocenters. The summed E-state index contributed by atoms with van der Waals surface area (Å²) in [6.45, 7) is 0.881. The van der Waals surface area contributed by atoms with Crippen LogP contribution in [0.4, 0.5) is 13.2 Å². The Morgan fingerprint density at radius 3 is 2.65 bits per heavy atom. The Morgan fingerprint density at radius 2 is 1.96 bits per heavy atom. The summed E-state index contributed by atoms with van der Waals surface area (Å²) in [5.74, 6) is -5.64. The van der Waals surface area contributed by atoms with Crippen LogP contribution in [0.2, 0.25) is 0 Å². The van der Waals surface area contributed by atoms with E-state index in [0.29, 0.717) is 13.0 Å². The number of piperidine rings is 1. The highest BCUT2D eigenvalue weighted by Crippen LogP contribution is 2.23. The van der Waals surface area contributed by atoms with Crippen molar-refractivity contribution < 1.29 is 18.0 Å². The van der Waals surface area contributed by atoms with Gasteiger partial charge in [-0.05, 0) is 12.6 Å². The number of nitrogens with one attached hydrogen (secondary N) is 1. The van der Waals surface area contributed by atoms with Gasteiger partial charge in [0, 0.05) is 25.2 Å². The summed E-state index contributed by atoms with van der Waals surface area (Å²) in [6, 6.07) is 4.50. The van der Waals surface area contributed by atoms with E-state index in [1.54, 1.807) is 12.1 Å². The maximum Gasteiger partial charge on any atom is 0.282 e. The standard InChI is InChI=1S/C14H13F3N4O2/c15-11-12(16)19-14(20-13(11)17)8-7-18-5-4-9(8)23-21-6-2-1-3-10(21)22/h1-3,6,8-9,18H,4-5,7H2. The zero-order valence-electron chi connectivity index (χ0n) is 11.9. The zero-order chi connectivity index (χ0) is 16.4. The van der Waals surface area contributed by atoms with Crippen molar-refractivity contribution in [2.45, 2.75) is 18.4 Å². The first-order chi connectivity index (χ1) is 11.1. The van der Waals surface area contributed by atoms with E-state index in [1.807, 2.05) is 0 Å². The van der Waals surface area contributed by atoms with Gasteiger partial charge in [0.05, 0.1) is 5.92 Å². The summed E-state index contributed by atoms with van der Waals surface area (Å²) in [6.07, 6.45) is 1.32. The van der Waals surface area contributed by atoms with Crippen LogP contribution in [0.5, 0.6) is 0 Å². The minimum absolute atomic E-state index is 0.206. The molecule has 0 bridgehead atoms. The van der Waals surface area contributed by atoms with Gasteiger partial charge in [-0.2, -0.15) is 17.9 Å². The average Bonchev–Trinajstić information content (AvgIpc) is 2.55. The van der Waals surface area contributed by atoms with Crippen molar-refractivity contribution in [1.29, 1.82) is 0 Å². The number of rotatable bonds is 3. The molecule has 122 valence electrons. The van der Waals surface area contributed by atoms with Crippen LogP contribution < -0.4 is 15.7 Å². The summed E-state index contributed by atoms with van der Waals surface area (Å²) in [5, 5.41) is 3.03. The summed E-state index contributed by atoms with van der Waals surface area (Å²) in [5.41, 5.74) is -0.373. The van der Waals surface area contributed by atoms with Crippen LogP contribution in [0.1, 0.15) is 18.2 Å². The molecule has 0 aliphatic carbocycles. The molecule has 0 saturated carbocycles. The molecular formula is C14H13F3N4O2. The van der Waals surface area contributed by atoms with E-state index in [0.717, 1.165) is 4.73 Å². The van der Waals surface area contributed by atoms with Crippen LogP contribution >= 0.6 is 0 Å². The molecule has 9 heteroatoms. The maximum absolute atomic E-state index is 13.3. The SMILES string of the molecule is O=c1ccccn1OC1CCNCC1c1nc(F)c(F)c(F)n1. The summed E-state index contributed by atoms with van der Waals surface area (Å²) < 4.78 is 40.7. The van der Waals surface area contributed by atoms with Crippen LogP contribution in [0.3, 0.4) is 0 Å². The fourth-order valence-electron chi connectivity index (χ4n) is 2.44. The van der Waals surface area contributed by atoms with Gasteiger partial charge in [0.25, 0.3) is 17.5 Å². The van der Waals surface area contributed by atoms with Crippen LogP contribution in [0, 0.1) is 17.7 Å². The first-order valence-corrected chi connectivity index (χ1v) is 7.00. The van der Waals surface area contributed by atoms with Crippen molar-refractivity contribution in [3.8, 4) is 0 Å². The lowest BCUT2D eigenvalue weighted by Crippen LogP contribution is -2.46. The van der Waals surface area contributed by atoms with Crippen molar-refractivity contribution in [1.82, 2.24) is 20.0 Å². The van der Waals surface area contributed by atoms with E-state index < -0.39 is 29.7 Å². The molecule has 0 aromatic carbocycles. The number of pyridine rings is 1. The molecule has 1 fully saturated rings. The Bertz CT molecular complexity index is 745. The summed E-state index contributed by atoms with van der Waals surface area (Å²) in [7, 11) is 0. The van der Waals surface area contributed by atoms with E-state index in [4.69, 9.17) is 4.84 Å². The lowest BCUT2D eigenvalue weighted by Gasteiger charge is -2.31. The molecular weight excluding hydrogens is 313 g/mol. The van der Waals surface area contributed by atoms with E-state index in [2.05, 4.69) is 15.3 Å². The lowest BCUT2D eigenvalue weighted by molar-refractivity contribution is -0.00193. The van der Waals surface area contributed by atoms with E-state index >= 15 is 0 Å². The third-order valence-electron chi connectivity index (χ3n) is 3.58. The fourth-order valence-corrected chi connectivity index (χ4v) is 2.44. The van der Waals surface area contributed by atoms with Gasteiger partial charge in [-0.1, -0.05) is 6.07 Å². The number of nitrogens with zero attached hydrogens (tertiary/aromatic N) is 3. The number of hydrogen-bond donors (Lipinski definition) is 1. The average molecular weight is 326 g/mol. The van der Waals surface area contributed by atoms with Gasteiger partial charge >= 0.3 is 0 Å². The first-order valence-electron chi connectivity index (χ1n) is 7.00. The second kappa shape index (κ2) is 6.37. The first kappa shape index (κ1) is 15.5. The van der Waals surface area contributed by atoms with Crippen LogP contribution in [-0.4, -0.2) is 33.9 Å². The van der Waals surface area contributed by atoms with Gasteiger partial charge in [0.2, 0.25) is 5.82 Å². The number of aromatic nitrogens is 3. The molecule has 0 spiro atoms. The van der Waals surface area contributed by atoms with Crippen LogP contribution in [-0.2, 0) is 0 Å². The van der Waals surface area contributed by atoms with Crippen molar-refractivity contribution in [2.24, 2.45) is 0 Å². The molecule has 3 heterocycles. The Morgan fingerprint density at radius 1 is 1.22 bits per heavy atom. The summed E-state index contributed by atoms with van der Waals surface area (Å²) >= 11 is 0. The highest BCUT2D eigenvalue weighted by Gasteiger charge is 2.32. The third kappa shape index (κ3) is 3.19. The van der Waals surface area contributed by atoms with Gasteiger partial charge in [-0.15, -0.1) is 0 Å². The Balaban J connectivity index is 1.90. The zero-order valence-corrected chi connectivity index (χ0v) is 11.9. The topological polar surface area (TPSA) is 69.0 Å². The second-order valence-corrected chi connectivity index (χ2v) is 5.09. The Hall–Kier alpha value is -2.42. The largest absolute Gasteiger partial charge is 0.407 e. The predicted octanol–water partition coefficient (Wildman–Crippen LogP) is 0.630. The highest BCUT2D eigenvalue weighted by molar-refractivity contribution is 5.06.